The smallest absolute Gasteiger partial charge is 0.260 e. The van der Waals surface area contributed by atoms with E-state index < -0.39 is 5.54 Å². The van der Waals surface area contributed by atoms with E-state index in [1.165, 1.54) is 0 Å². The minimum Gasteiger partial charge on any atom is -0.445 e. The second-order valence-electron chi connectivity index (χ2n) is 7.38. The summed E-state index contributed by atoms with van der Waals surface area (Å²) in [7, 11) is 1.75. The number of nitrogen functional groups attached to an aromatic ring is 1. The van der Waals surface area contributed by atoms with Crippen molar-refractivity contribution in [3.63, 3.8) is 0 Å². The normalized spacial score (nSPS) is 18.7. The van der Waals surface area contributed by atoms with Crippen LogP contribution in [-0.4, -0.2) is 47.3 Å². The molecule has 6 nitrogen and oxygen atoms in total. The van der Waals surface area contributed by atoms with Gasteiger partial charge in [0, 0.05) is 25.6 Å². The summed E-state index contributed by atoms with van der Waals surface area (Å²) in [6, 6.07) is 1.69. The number of hydrogen-bond donors (Lipinski definition) is 1. The van der Waals surface area contributed by atoms with Gasteiger partial charge < -0.3 is 20.0 Å². The lowest BCUT2D eigenvalue weighted by Gasteiger charge is -2.44. The van der Waals surface area contributed by atoms with Crippen molar-refractivity contribution in [2.75, 3.05) is 25.9 Å². The van der Waals surface area contributed by atoms with Gasteiger partial charge in [-0.2, -0.15) is 0 Å². The third-order valence-electron chi connectivity index (χ3n) is 4.18. The highest BCUT2D eigenvalue weighted by Gasteiger charge is 2.44. The van der Waals surface area contributed by atoms with E-state index in [1.807, 2.05) is 20.8 Å². The lowest BCUT2D eigenvalue weighted by atomic mass is 9.92. The van der Waals surface area contributed by atoms with Gasteiger partial charge in [0.1, 0.15) is 16.9 Å². The number of piperazine rings is 1. The van der Waals surface area contributed by atoms with Gasteiger partial charge in [-0.1, -0.05) is 20.8 Å². The van der Waals surface area contributed by atoms with Crippen LogP contribution in [0.15, 0.2) is 10.5 Å². The van der Waals surface area contributed by atoms with Crippen molar-refractivity contribution >= 4 is 17.7 Å². The lowest BCUT2D eigenvalue weighted by molar-refractivity contribution is -0.144. The molecule has 2 amide bonds. The molecule has 1 aliphatic heterocycles. The first-order valence-electron chi connectivity index (χ1n) is 7.43. The van der Waals surface area contributed by atoms with E-state index in [9.17, 15) is 9.59 Å². The maximum absolute atomic E-state index is 12.8. The molecule has 0 bridgehead atoms. The first kappa shape index (κ1) is 16.4. The van der Waals surface area contributed by atoms with Crippen LogP contribution in [0.2, 0.25) is 0 Å². The molecular weight excluding hydrogens is 282 g/mol. The number of carbonyl (C=O) groups is 2. The number of carbonyl (C=O) groups excluding carboxylic acids is 2. The van der Waals surface area contributed by atoms with Crippen LogP contribution in [0.25, 0.3) is 0 Å². The zero-order valence-electron chi connectivity index (χ0n) is 14.2. The second-order valence-corrected chi connectivity index (χ2v) is 7.38. The summed E-state index contributed by atoms with van der Waals surface area (Å²) >= 11 is 0. The van der Waals surface area contributed by atoms with Gasteiger partial charge in [-0.3, -0.25) is 9.59 Å². The Bertz CT molecular complexity index is 611. The molecule has 6 heteroatoms. The van der Waals surface area contributed by atoms with Gasteiger partial charge in [-0.15, -0.1) is 0 Å². The van der Waals surface area contributed by atoms with Crippen molar-refractivity contribution in [2.24, 2.45) is 0 Å². The Morgan fingerprint density at radius 3 is 2.41 bits per heavy atom. The van der Waals surface area contributed by atoms with E-state index in [1.54, 1.807) is 36.8 Å². The van der Waals surface area contributed by atoms with Crippen molar-refractivity contribution in [1.29, 1.82) is 0 Å². The molecule has 2 rings (SSSR count). The first-order chi connectivity index (χ1) is 9.96. The fraction of sp³-hybridized carbons (Fsp3) is 0.625. The summed E-state index contributed by atoms with van der Waals surface area (Å²) < 4.78 is 5.54. The van der Waals surface area contributed by atoms with Crippen molar-refractivity contribution in [3.05, 3.63) is 17.4 Å². The quantitative estimate of drug-likeness (QED) is 0.858. The Labute approximate surface area is 131 Å². The minimum atomic E-state index is -0.893. The number of nitrogens with zero attached hydrogens (tertiary/aromatic N) is 2. The fourth-order valence-corrected chi connectivity index (χ4v) is 2.66. The molecule has 2 heterocycles. The zero-order chi connectivity index (χ0) is 16.9. The van der Waals surface area contributed by atoms with E-state index in [0.717, 1.165) is 0 Å². The fourth-order valence-electron chi connectivity index (χ4n) is 2.66. The van der Waals surface area contributed by atoms with Crippen LogP contribution in [0.3, 0.4) is 0 Å². The number of likely N-dealkylation sites (N-methyl/N-ethyl adjacent to an activating group) is 1. The Hall–Kier alpha value is -1.98. The number of hydrogen-bond acceptors (Lipinski definition) is 4. The van der Waals surface area contributed by atoms with Crippen LogP contribution in [0.5, 0.6) is 0 Å². The van der Waals surface area contributed by atoms with Gasteiger partial charge in [-0.05, 0) is 19.9 Å². The predicted octanol–water partition coefficient (Wildman–Crippen LogP) is 1.85. The molecule has 22 heavy (non-hydrogen) atoms. The molecule has 1 aromatic heterocycles. The number of nitrogens with two attached hydrogens (primary N) is 1. The molecule has 1 aliphatic rings. The third-order valence-corrected chi connectivity index (χ3v) is 4.18. The summed E-state index contributed by atoms with van der Waals surface area (Å²) in [4.78, 5) is 28.4. The van der Waals surface area contributed by atoms with Crippen LogP contribution in [0.1, 0.15) is 50.7 Å². The van der Waals surface area contributed by atoms with Gasteiger partial charge in [-0.25, -0.2) is 0 Å². The van der Waals surface area contributed by atoms with Crippen LogP contribution >= 0.6 is 0 Å². The molecule has 1 saturated heterocycles. The Morgan fingerprint density at radius 1 is 1.32 bits per heavy atom. The summed E-state index contributed by atoms with van der Waals surface area (Å²) in [5.74, 6) is 0.428. The molecular formula is C16H25N3O3. The molecule has 0 unspecified atom stereocenters. The summed E-state index contributed by atoms with van der Waals surface area (Å²) in [6.07, 6.45) is 0. The molecule has 0 atom stereocenters. The zero-order valence-corrected chi connectivity index (χ0v) is 14.2. The molecule has 0 radical (unpaired) electrons. The van der Waals surface area contributed by atoms with Crippen molar-refractivity contribution < 1.29 is 14.0 Å². The van der Waals surface area contributed by atoms with E-state index >= 15 is 0 Å². The summed E-state index contributed by atoms with van der Waals surface area (Å²) in [6.45, 7) is 10.5. The van der Waals surface area contributed by atoms with Crippen molar-refractivity contribution in [1.82, 2.24) is 9.80 Å². The molecule has 1 fully saturated rings. The Balaban J connectivity index is 2.36. The van der Waals surface area contributed by atoms with Gasteiger partial charge in [0.05, 0.1) is 0 Å². The van der Waals surface area contributed by atoms with Gasteiger partial charge >= 0.3 is 0 Å². The van der Waals surface area contributed by atoms with E-state index in [4.69, 9.17) is 10.2 Å². The van der Waals surface area contributed by atoms with Crippen molar-refractivity contribution in [3.8, 4) is 0 Å². The average Bonchev–Trinajstić information content (AvgIpc) is 2.77. The molecule has 1 aromatic rings. The number of rotatable bonds is 1. The standard InChI is InChI=1S/C16H25N3O3/c1-15(2,3)11-9-10(12(17)22-11)13(20)19-8-7-18(6)14(21)16(19,4)5/h9H,7-8,17H2,1-6H3. The van der Waals surface area contributed by atoms with E-state index in [-0.39, 0.29) is 23.1 Å². The number of anilines is 1. The molecule has 0 saturated carbocycles. The SMILES string of the molecule is CN1CCN(C(=O)c2cc(C(C)(C)C)oc2N)C(C)(C)C1=O. The second kappa shape index (κ2) is 5.04. The van der Waals surface area contributed by atoms with Crippen LogP contribution in [0, 0.1) is 0 Å². The lowest BCUT2D eigenvalue weighted by Crippen LogP contribution is -2.63. The maximum atomic E-state index is 12.8. The van der Waals surface area contributed by atoms with E-state index in [2.05, 4.69) is 0 Å². The topological polar surface area (TPSA) is 79.8 Å². The van der Waals surface area contributed by atoms with E-state index in [0.29, 0.717) is 24.4 Å². The number of amides is 2. The molecule has 122 valence electrons. The van der Waals surface area contributed by atoms with Gasteiger partial charge in [0.2, 0.25) is 11.8 Å². The van der Waals surface area contributed by atoms with Crippen LogP contribution in [-0.2, 0) is 10.2 Å². The van der Waals surface area contributed by atoms with Gasteiger partial charge in [0.15, 0.2) is 0 Å². The summed E-state index contributed by atoms with van der Waals surface area (Å²) in [5.41, 5.74) is 5.09. The highest BCUT2D eigenvalue weighted by molar-refractivity contribution is 6.02. The first-order valence-corrected chi connectivity index (χ1v) is 7.43. The Kier molecular flexibility index (Phi) is 3.75. The highest BCUT2D eigenvalue weighted by Crippen LogP contribution is 2.31. The van der Waals surface area contributed by atoms with Crippen LogP contribution in [0.4, 0.5) is 5.88 Å². The monoisotopic (exact) mass is 307 g/mol. The molecule has 0 aromatic carbocycles. The Morgan fingerprint density at radius 2 is 1.91 bits per heavy atom. The third kappa shape index (κ3) is 2.58. The average molecular weight is 307 g/mol. The van der Waals surface area contributed by atoms with Crippen LogP contribution < -0.4 is 5.73 Å². The maximum Gasteiger partial charge on any atom is 0.260 e. The predicted molar refractivity (Wildman–Crippen MR) is 84.6 cm³/mol. The highest BCUT2D eigenvalue weighted by atomic mass is 16.4. The number of furan rings is 1. The minimum absolute atomic E-state index is 0.0785. The molecule has 0 spiro atoms. The largest absolute Gasteiger partial charge is 0.445 e. The van der Waals surface area contributed by atoms with Crippen molar-refractivity contribution in [2.45, 2.75) is 45.6 Å². The van der Waals surface area contributed by atoms with Gasteiger partial charge in [0.25, 0.3) is 5.91 Å². The summed E-state index contributed by atoms with van der Waals surface area (Å²) in [5, 5.41) is 0. The molecule has 2 N–H and O–H groups in total. The molecule has 0 aliphatic carbocycles.